The van der Waals surface area contributed by atoms with Crippen LogP contribution in [0.4, 0.5) is 13.2 Å². The number of hydrogen-bond acceptors (Lipinski definition) is 5. The first-order chi connectivity index (χ1) is 8.77. The van der Waals surface area contributed by atoms with E-state index in [-0.39, 0.29) is 19.5 Å². The van der Waals surface area contributed by atoms with Crippen molar-refractivity contribution in [1.82, 2.24) is 4.90 Å². The fourth-order valence-electron chi connectivity index (χ4n) is 2.66. The highest BCUT2D eigenvalue weighted by Gasteiger charge is 2.55. The van der Waals surface area contributed by atoms with Crippen LogP contribution in [0.2, 0.25) is 0 Å². The molecule has 4 N–H and O–H groups in total. The highest BCUT2D eigenvalue weighted by Crippen LogP contribution is 2.34. The van der Waals surface area contributed by atoms with Gasteiger partial charge in [0, 0.05) is 13.1 Å². The van der Waals surface area contributed by atoms with E-state index in [1.165, 1.54) is 0 Å². The van der Waals surface area contributed by atoms with Gasteiger partial charge in [-0.2, -0.15) is 13.2 Å². The van der Waals surface area contributed by atoms with Crippen molar-refractivity contribution in [1.29, 1.82) is 0 Å². The minimum Gasteiger partial charge on any atom is -0.388 e. The van der Waals surface area contributed by atoms with Crippen molar-refractivity contribution in [2.45, 2.75) is 43.1 Å². The SMILES string of the molecule is NC[C@H]1O[C@@H]2CCN(C(=O)C(F)(F)F)[C@@H]2[C@@H](O)[C@H]1O. The number of likely N-dealkylation sites (tertiary alicyclic amines) is 1. The molecule has 6 nitrogen and oxygen atoms in total. The zero-order chi connectivity index (χ0) is 14.4. The topological polar surface area (TPSA) is 96.0 Å². The number of nitrogens with two attached hydrogens (primary N) is 1. The average Bonchev–Trinajstić information content (AvgIpc) is 2.75. The Labute approximate surface area is 106 Å². The van der Waals surface area contributed by atoms with Crippen molar-refractivity contribution >= 4 is 5.91 Å². The molecule has 0 bridgehead atoms. The third-order valence-corrected chi connectivity index (χ3v) is 3.56. The Bertz CT molecular complexity index is 365. The lowest BCUT2D eigenvalue weighted by molar-refractivity contribution is -0.207. The molecule has 0 unspecified atom stereocenters. The number of rotatable bonds is 1. The fourth-order valence-corrected chi connectivity index (χ4v) is 2.66. The lowest BCUT2D eigenvalue weighted by atomic mass is 9.93. The summed E-state index contributed by atoms with van der Waals surface area (Å²) >= 11 is 0. The van der Waals surface area contributed by atoms with E-state index >= 15 is 0 Å². The van der Waals surface area contributed by atoms with Gasteiger partial charge in [0.05, 0.1) is 18.2 Å². The van der Waals surface area contributed by atoms with Gasteiger partial charge in [0.2, 0.25) is 0 Å². The Morgan fingerprint density at radius 2 is 2.00 bits per heavy atom. The highest BCUT2D eigenvalue weighted by atomic mass is 19.4. The molecule has 1 amide bonds. The standard InChI is InChI=1S/C10H15F3N2O4/c11-10(12,13)9(18)15-2-1-4-6(15)8(17)7(16)5(3-14)19-4/h4-8,16-17H,1-3,14H2/t4-,5-,6+,7+,8-/m1/s1. The number of carbonyl (C=O) groups excluding carboxylic acids is 1. The predicted molar refractivity (Wildman–Crippen MR) is 55.9 cm³/mol. The Balaban J connectivity index is 2.19. The molecule has 0 aromatic carbocycles. The molecule has 5 atom stereocenters. The molecule has 110 valence electrons. The van der Waals surface area contributed by atoms with Crippen molar-refractivity contribution in [3.8, 4) is 0 Å². The van der Waals surface area contributed by atoms with Crippen LogP contribution in [0.5, 0.6) is 0 Å². The number of fused-ring (bicyclic) bond motifs is 1. The summed E-state index contributed by atoms with van der Waals surface area (Å²) in [5, 5.41) is 19.6. The first-order valence-electron chi connectivity index (χ1n) is 5.86. The van der Waals surface area contributed by atoms with Crippen LogP contribution in [0.25, 0.3) is 0 Å². The molecule has 19 heavy (non-hydrogen) atoms. The zero-order valence-electron chi connectivity index (χ0n) is 9.88. The predicted octanol–water partition coefficient (Wildman–Crippen LogP) is -1.40. The Morgan fingerprint density at radius 1 is 1.37 bits per heavy atom. The van der Waals surface area contributed by atoms with Crippen LogP contribution in [0, 0.1) is 0 Å². The fraction of sp³-hybridized carbons (Fsp3) is 0.900. The summed E-state index contributed by atoms with van der Waals surface area (Å²) in [4.78, 5) is 11.8. The molecular formula is C10H15F3N2O4. The number of aliphatic hydroxyl groups is 2. The van der Waals surface area contributed by atoms with Crippen molar-refractivity contribution in [2.75, 3.05) is 13.1 Å². The van der Waals surface area contributed by atoms with Crippen molar-refractivity contribution in [2.24, 2.45) is 5.73 Å². The number of nitrogens with zero attached hydrogens (tertiary/aromatic N) is 1. The largest absolute Gasteiger partial charge is 0.471 e. The third-order valence-electron chi connectivity index (χ3n) is 3.56. The smallest absolute Gasteiger partial charge is 0.388 e. The van der Waals surface area contributed by atoms with Gasteiger partial charge in [-0.1, -0.05) is 0 Å². The number of aliphatic hydroxyl groups excluding tert-OH is 2. The summed E-state index contributed by atoms with van der Waals surface area (Å²) < 4.78 is 42.6. The first kappa shape index (κ1) is 14.5. The monoisotopic (exact) mass is 284 g/mol. The summed E-state index contributed by atoms with van der Waals surface area (Å²) in [6.45, 7) is -0.233. The molecule has 0 radical (unpaired) electrons. The maximum Gasteiger partial charge on any atom is 0.471 e. The van der Waals surface area contributed by atoms with Gasteiger partial charge in [-0.15, -0.1) is 0 Å². The molecule has 0 aromatic rings. The second-order valence-electron chi connectivity index (χ2n) is 4.71. The Kier molecular flexibility index (Phi) is 3.74. The maximum absolute atomic E-state index is 12.4. The maximum atomic E-state index is 12.4. The normalized spacial score (nSPS) is 39.3. The highest BCUT2D eigenvalue weighted by molar-refractivity contribution is 5.82. The van der Waals surface area contributed by atoms with Crippen LogP contribution in [-0.4, -0.2) is 70.7 Å². The molecule has 0 aromatic heterocycles. The summed E-state index contributed by atoms with van der Waals surface area (Å²) in [5.74, 6) is -2.03. The van der Waals surface area contributed by atoms with Crippen LogP contribution in [-0.2, 0) is 9.53 Å². The van der Waals surface area contributed by atoms with Gasteiger partial charge in [0.15, 0.2) is 0 Å². The molecule has 0 saturated carbocycles. The summed E-state index contributed by atoms with van der Waals surface area (Å²) in [6, 6.07) is -1.19. The second-order valence-corrected chi connectivity index (χ2v) is 4.71. The Morgan fingerprint density at radius 3 is 2.53 bits per heavy atom. The van der Waals surface area contributed by atoms with E-state index in [1.807, 2.05) is 0 Å². The molecular weight excluding hydrogens is 269 g/mol. The van der Waals surface area contributed by atoms with Crippen molar-refractivity contribution in [3.05, 3.63) is 0 Å². The van der Waals surface area contributed by atoms with Gasteiger partial charge in [0.1, 0.15) is 12.2 Å². The molecule has 2 aliphatic rings. The third kappa shape index (κ3) is 2.42. The average molecular weight is 284 g/mol. The Hall–Kier alpha value is -0.900. The molecule has 0 aliphatic carbocycles. The summed E-state index contributed by atoms with van der Waals surface area (Å²) in [7, 11) is 0. The number of hydrogen-bond donors (Lipinski definition) is 3. The van der Waals surface area contributed by atoms with E-state index < -0.39 is 42.5 Å². The minimum absolute atomic E-state index is 0.0608. The second kappa shape index (κ2) is 4.89. The van der Waals surface area contributed by atoms with E-state index in [4.69, 9.17) is 10.5 Å². The van der Waals surface area contributed by atoms with E-state index in [0.29, 0.717) is 4.90 Å². The molecule has 2 fully saturated rings. The van der Waals surface area contributed by atoms with Gasteiger partial charge in [-0.25, -0.2) is 0 Å². The van der Waals surface area contributed by atoms with Crippen molar-refractivity contribution < 1.29 is 32.9 Å². The quantitative estimate of drug-likeness (QED) is 0.550. The van der Waals surface area contributed by atoms with Crippen molar-refractivity contribution in [3.63, 3.8) is 0 Å². The molecule has 2 rings (SSSR count). The van der Waals surface area contributed by atoms with E-state index in [0.717, 1.165) is 0 Å². The summed E-state index contributed by atoms with van der Waals surface area (Å²) in [5.41, 5.74) is 5.35. The molecule has 0 spiro atoms. The van der Waals surface area contributed by atoms with Gasteiger partial charge in [-0.3, -0.25) is 4.79 Å². The molecule has 2 saturated heterocycles. The molecule has 2 aliphatic heterocycles. The summed E-state index contributed by atoms with van der Waals surface area (Å²) in [6.07, 6.45) is -9.32. The lowest BCUT2D eigenvalue weighted by Gasteiger charge is -2.42. The van der Waals surface area contributed by atoms with Gasteiger partial charge in [-0.05, 0) is 6.42 Å². The van der Waals surface area contributed by atoms with Gasteiger partial charge in [0.25, 0.3) is 0 Å². The van der Waals surface area contributed by atoms with E-state index in [9.17, 15) is 28.2 Å². The van der Waals surface area contributed by atoms with E-state index in [1.54, 1.807) is 0 Å². The molecule has 9 heteroatoms. The molecule has 2 heterocycles. The van der Waals surface area contributed by atoms with Crippen LogP contribution in [0.15, 0.2) is 0 Å². The zero-order valence-corrected chi connectivity index (χ0v) is 9.88. The van der Waals surface area contributed by atoms with Gasteiger partial charge < -0.3 is 25.6 Å². The number of halogens is 3. The number of ether oxygens (including phenoxy) is 1. The van der Waals surface area contributed by atoms with E-state index in [2.05, 4.69) is 0 Å². The van der Waals surface area contributed by atoms with Crippen LogP contribution in [0.3, 0.4) is 0 Å². The van der Waals surface area contributed by atoms with Crippen LogP contribution >= 0.6 is 0 Å². The van der Waals surface area contributed by atoms with Crippen LogP contribution in [0.1, 0.15) is 6.42 Å². The minimum atomic E-state index is -5.01. The number of amides is 1. The van der Waals surface area contributed by atoms with Gasteiger partial charge >= 0.3 is 12.1 Å². The van der Waals surface area contributed by atoms with Crippen LogP contribution < -0.4 is 5.73 Å². The lowest BCUT2D eigenvalue weighted by Crippen LogP contribution is -2.63. The first-order valence-corrected chi connectivity index (χ1v) is 5.86. The number of alkyl halides is 3. The number of carbonyl (C=O) groups is 1.